The van der Waals surface area contributed by atoms with Gasteiger partial charge in [-0.2, -0.15) is 5.26 Å². The van der Waals surface area contributed by atoms with Crippen molar-refractivity contribution < 1.29 is 14.3 Å². The number of hydrogen-bond acceptors (Lipinski definition) is 5. The molecule has 3 aromatic carbocycles. The average Bonchev–Trinajstić information content (AvgIpc) is 2.87. The van der Waals surface area contributed by atoms with E-state index in [2.05, 4.69) is 11.4 Å². The van der Waals surface area contributed by atoms with Crippen LogP contribution in [-0.2, 0) is 26.5 Å². The van der Waals surface area contributed by atoms with Crippen molar-refractivity contribution in [1.29, 1.82) is 5.26 Å². The molecule has 34 heavy (non-hydrogen) atoms. The van der Waals surface area contributed by atoms with Gasteiger partial charge in [-0.15, -0.1) is 0 Å². The van der Waals surface area contributed by atoms with E-state index in [1.165, 1.54) is 6.92 Å². The van der Waals surface area contributed by atoms with Crippen LogP contribution in [0.2, 0.25) is 5.02 Å². The lowest BCUT2D eigenvalue weighted by molar-refractivity contribution is -0.191. The highest BCUT2D eigenvalue weighted by atomic mass is 35.5. The molecule has 0 radical (unpaired) electrons. The standard InChI is InChI=1S/C28H27ClN2O3/c1-20(32)27(23-9-5-8-22(16-23)17-30)34-26-18-31-15-14-28(26,24-10-12-25(29)13-11-24)33-19-21-6-3-2-4-7-21/h2-13,16,26-27,31H,14-15,18-19H2,1H3/t26-,27?,28+/m0/s1. The minimum Gasteiger partial charge on any atom is -0.363 e. The zero-order chi connectivity index (χ0) is 24.0. The molecule has 3 atom stereocenters. The summed E-state index contributed by atoms with van der Waals surface area (Å²) < 4.78 is 13.2. The van der Waals surface area contributed by atoms with Crippen LogP contribution in [0.25, 0.3) is 0 Å². The van der Waals surface area contributed by atoms with Crippen molar-refractivity contribution >= 4 is 17.4 Å². The number of nitrogens with zero attached hydrogens (tertiary/aromatic N) is 1. The summed E-state index contributed by atoms with van der Waals surface area (Å²) in [6, 6.07) is 26.8. The number of halogens is 1. The molecule has 5 nitrogen and oxygen atoms in total. The Hall–Kier alpha value is -3.01. The lowest BCUT2D eigenvalue weighted by atomic mass is 9.82. The molecular formula is C28H27ClN2O3. The normalized spacial score (nSPS) is 20.9. The van der Waals surface area contributed by atoms with Gasteiger partial charge in [0.15, 0.2) is 5.78 Å². The van der Waals surface area contributed by atoms with Gasteiger partial charge in [0.2, 0.25) is 0 Å². The fraction of sp³-hybridized carbons (Fsp3) is 0.286. The van der Waals surface area contributed by atoms with Crippen molar-refractivity contribution in [2.24, 2.45) is 0 Å². The van der Waals surface area contributed by atoms with Gasteiger partial charge < -0.3 is 14.8 Å². The molecule has 1 N–H and O–H groups in total. The van der Waals surface area contributed by atoms with E-state index in [-0.39, 0.29) is 5.78 Å². The fourth-order valence-electron chi connectivity index (χ4n) is 4.43. The van der Waals surface area contributed by atoms with Gasteiger partial charge in [-0.1, -0.05) is 66.2 Å². The zero-order valence-corrected chi connectivity index (χ0v) is 19.8. The van der Waals surface area contributed by atoms with Gasteiger partial charge in [-0.05, 0) is 60.8 Å². The van der Waals surface area contributed by atoms with Gasteiger partial charge in [0, 0.05) is 11.6 Å². The Labute approximate surface area is 205 Å². The topological polar surface area (TPSA) is 71.3 Å². The molecule has 1 aliphatic rings. The van der Waals surface area contributed by atoms with Crippen molar-refractivity contribution in [3.8, 4) is 6.07 Å². The predicted octanol–water partition coefficient (Wildman–Crippen LogP) is 5.33. The van der Waals surface area contributed by atoms with Crippen LogP contribution in [0.4, 0.5) is 0 Å². The number of piperidine rings is 1. The number of benzene rings is 3. The molecule has 0 spiro atoms. The average molecular weight is 475 g/mol. The van der Waals surface area contributed by atoms with Gasteiger partial charge in [-0.3, -0.25) is 4.79 Å². The van der Waals surface area contributed by atoms with Crippen LogP contribution in [0.1, 0.15) is 41.7 Å². The fourth-order valence-corrected chi connectivity index (χ4v) is 4.56. The summed E-state index contributed by atoms with van der Waals surface area (Å²) in [6.45, 7) is 3.16. The Kier molecular flexibility index (Phi) is 7.77. The largest absolute Gasteiger partial charge is 0.363 e. The minimum absolute atomic E-state index is 0.131. The highest BCUT2D eigenvalue weighted by Gasteiger charge is 2.46. The van der Waals surface area contributed by atoms with Gasteiger partial charge >= 0.3 is 0 Å². The maximum atomic E-state index is 12.7. The molecule has 1 saturated heterocycles. The molecule has 0 aromatic heterocycles. The molecule has 0 bridgehead atoms. The lowest BCUT2D eigenvalue weighted by Gasteiger charge is -2.45. The molecule has 1 fully saturated rings. The second-order valence-corrected chi connectivity index (χ2v) is 8.91. The molecule has 6 heteroatoms. The van der Waals surface area contributed by atoms with Crippen LogP contribution in [0.5, 0.6) is 0 Å². The number of ketones is 1. The van der Waals surface area contributed by atoms with Gasteiger partial charge in [0.25, 0.3) is 0 Å². The van der Waals surface area contributed by atoms with Gasteiger partial charge in [0.1, 0.15) is 17.8 Å². The summed E-state index contributed by atoms with van der Waals surface area (Å²) in [5.74, 6) is -0.131. The van der Waals surface area contributed by atoms with E-state index in [1.54, 1.807) is 18.2 Å². The van der Waals surface area contributed by atoms with Crippen molar-refractivity contribution in [2.75, 3.05) is 13.1 Å². The smallest absolute Gasteiger partial charge is 0.163 e. The third-order valence-corrected chi connectivity index (χ3v) is 6.44. The quantitative estimate of drug-likeness (QED) is 0.477. The Bertz CT molecular complexity index is 1160. The summed E-state index contributed by atoms with van der Waals surface area (Å²) in [5.41, 5.74) is 2.36. The first-order valence-electron chi connectivity index (χ1n) is 11.3. The second-order valence-electron chi connectivity index (χ2n) is 8.48. The summed E-state index contributed by atoms with van der Waals surface area (Å²) in [7, 11) is 0. The molecular weight excluding hydrogens is 448 g/mol. The van der Waals surface area contributed by atoms with Crippen LogP contribution in [0, 0.1) is 11.3 Å². The SMILES string of the molecule is CC(=O)C(O[C@H]1CNCC[C@@]1(OCc1ccccc1)c1ccc(Cl)cc1)c1cccc(C#N)c1. The first-order valence-corrected chi connectivity index (χ1v) is 11.7. The summed E-state index contributed by atoms with van der Waals surface area (Å²) >= 11 is 6.18. The maximum Gasteiger partial charge on any atom is 0.163 e. The maximum absolute atomic E-state index is 12.7. The Morgan fingerprint density at radius 2 is 1.91 bits per heavy atom. The van der Waals surface area contributed by atoms with E-state index in [0.29, 0.717) is 35.7 Å². The summed E-state index contributed by atoms with van der Waals surface area (Å²) in [6.07, 6.45) is -0.606. The molecule has 174 valence electrons. The monoisotopic (exact) mass is 474 g/mol. The summed E-state index contributed by atoms with van der Waals surface area (Å²) in [4.78, 5) is 12.7. The Balaban J connectivity index is 1.71. The van der Waals surface area contributed by atoms with Crippen molar-refractivity contribution in [3.63, 3.8) is 0 Å². The Morgan fingerprint density at radius 3 is 2.62 bits per heavy atom. The number of nitrogens with one attached hydrogen (secondary N) is 1. The molecule has 3 aromatic rings. The predicted molar refractivity (Wildman–Crippen MR) is 131 cm³/mol. The van der Waals surface area contributed by atoms with E-state index < -0.39 is 17.8 Å². The minimum atomic E-state index is -0.815. The molecule has 1 unspecified atom stereocenters. The zero-order valence-electron chi connectivity index (χ0n) is 19.0. The second kappa shape index (κ2) is 10.9. The van der Waals surface area contributed by atoms with E-state index in [0.717, 1.165) is 17.7 Å². The van der Waals surface area contributed by atoms with Crippen LogP contribution in [-0.4, -0.2) is 25.0 Å². The number of hydrogen-bond donors (Lipinski definition) is 1. The van der Waals surface area contributed by atoms with E-state index >= 15 is 0 Å². The highest BCUT2D eigenvalue weighted by molar-refractivity contribution is 6.30. The van der Waals surface area contributed by atoms with Crippen LogP contribution >= 0.6 is 11.6 Å². The summed E-state index contributed by atoms with van der Waals surface area (Å²) in [5, 5.41) is 13.4. The number of nitriles is 1. The lowest BCUT2D eigenvalue weighted by Crippen LogP contribution is -2.55. The molecule has 0 amide bonds. The van der Waals surface area contributed by atoms with E-state index in [1.807, 2.05) is 60.7 Å². The first kappa shape index (κ1) is 24.1. The first-order chi connectivity index (χ1) is 16.5. The van der Waals surface area contributed by atoms with E-state index in [4.69, 9.17) is 21.1 Å². The highest BCUT2D eigenvalue weighted by Crippen LogP contribution is 2.40. The third kappa shape index (κ3) is 5.38. The number of rotatable bonds is 8. The van der Waals surface area contributed by atoms with Crippen LogP contribution in [0.15, 0.2) is 78.9 Å². The molecule has 0 aliphatic carbocycles. The van der Waals surface area contributed by atoms with E-state index in [9.17, 15) is 10.1 Å². The van der Waals surface area contributed by atoms with Crippen molar-refractivity contribution in [3.05, 3.63) is 106 Å². The number of Topliss-reactive ketones (excluding diaryl/α,β-unsaturated/α-hetero) is 1. The molecule has 1 heterocycles. The van der Waals surface area contributed by atoms with Gasteiger partial charge in [-0.25, -0.2) is 0 Å². The third-order valence-electron chi connectivity index (χ3n) is 6.18. The number of carbonyl (C=O) groups excluding carboxylic acids is 1. The number of ether oxygens (including phenoxy) is 2. The van der Waals surface area contributed by atoms with Gasteiger partial charge in [0.05, 0.1) is 18.2 Å². The molecule has 0 saturated carbocycles. The van der Waals surface area contributed by atoms with Crippen molar-refractivity contribution in [2.45, 2.75) is 37.8 Å². The van der Waals surface area contributed by atoms with Crippen molar-refractivity contribution in [1.82, 2.24) is 5.32 Å². The molecule has 1 aliphatic heterocycles. The molecule has 4 rings (SSSR count). The van der Waals surface area contributed by atoms with Crippen LogP contribution < -0.4 is 5.32 Å². The number of carbonyl (C=O) groups is 1. The Morgan fingerprint density at radius 1 is 1.15 bits per heavy atom. The van der Waals surface area contributed by atoms with Crippen LogP contribution in [0.3, 0.4) is 0 Å².